The van der Waals surface area contributed by atoms with Crippen LogP contribution in [0.15, 0.2) is 35.5 Å². The molecule has 0 saturated carbocycles. The number of amides is 2. The number of sulfonamides is 1. The van der Waals surface area contributed by atoms with Crippen LogP contribution >= 0.6 is 23.2 Å². The van der Waals surface area contributed by atoms with E-state index in [1.807, 2.05) is 13.8 Å². The van der Waals surface area contributed by atoms with Crippen LogP contribution in [-0.4, -0.2) is 49.7 Å². The molecule has 2 amide bonds. The Kier molecular flexibility index (Phi) is 6.66. The molecule has 1 aromatic rings. The predicted octanol–water partition coefficient (Wildman–Crippen LogP) is 1.85. The Morgan fingerprint density at radius 1 is 1.30 bits per heavy atom. The number of piperidine rings is 1. The molecule has 164 valence electrons. The first-order chi connectivity index (χ1) is 14.0. The molecular weight excluding hydrogens is 451 g/mol. The maximum Gasteiger partial charge on any atom is 0.264 e. The maximum absolute atomic E-state index is 13.1. The van der Waals surface area contributed by atoms with Crippen molar-refractivity contribution in [2.24, 2.45) is 5.41 Å². The highest BCUT2D eigenvalue weighted by molar-refractivity contribution is 7.89. The number of carbonyl (C=O) groups is 2. The van der Waals surface area contributed by atoms with Gasteiger partial charge in [-0.05, 0) is 36.6 Å². The van der Waals surface area contributed by atoms with Crippen LogP contribution in [0.2, 0.25) is 10.0 Å². The molecule has 1 saturated heterocycles. The van der Waals surface area contributed by atoms with Crippen molar-refractivity contribution in [3.63, 3.8) is 0 Å². The number of benzene rings is 1. The lowest BCUT2D eigenvalue weighted by Crippen LogP contribution is -2.56. The van der Waals surface area contributed by atoms with Gasteiger partial charge in [0.15, 0.2) is 0 Å². The van der Waals surface area contributed by atoms with Crippen LogP contribution < -0.4 is 16.0 Å². The standard InChI is InChI=1S/C19H24Cl2N4O4S/c1-19(2)11-22-6-5-16(19)24-17(26)10-15-18(27)23-7-8-25(15)30(28,29)12-3-4-13(20)14(21)9-12/h3-4,7-9,15-16,22H,5-6,10-11H2,1-2H3,(H,23,27)(H,24,26)/t15-,16+/m1/s1. The summed E-state index contributed by atoms with van der Waals surface area (Å²) in [4.78, 5) is 25.1. The van der Waals surface area contributed by atoms with Crippen LogP contribution in [0, 0.1) is 5.41 Å². The smallest absolute Gasteiger partial charge is 0.264 e. The Hall–Kier alpha value is -1.81. The summed E-state index contributed by atoms with van der Waals surface area (Å²) in [5.41, 5.74) is -0.158. The van der Waals surface area contributed by atoms with E-state index in [0.717, 1.165) is 23.8 Å². The van der Waals surface area contributed by atoms with Crippen molar-refractivity contribution < 1.29 is 18.0 Å². The Morgan fingerprint density at radius 3 is 2.70 bits per heavy atom. The minimum Gasteiger partial charge on any atom is -0.353 e. The fraction of sp³-hybridized carbons (Fsp3) is 0.474. The van der Waals surface area contributed by atoms with Crippen molar-refractivity contribution in [1.82, 2.24) is 20.3 Å². The lowest BCUT2D eigenvalue weighted by atomic mass is 9.80. The summed E-state index contributed by atoms with van der Waals surface area (Å²) in [7, 11) is -4.13. The number of nitrogens with zero attached hydrogens (tertiary/aromatic N) is 1. The first-order valence-electron chi connectivity index (χ1n) is 9.48. The normalized spacial score (nSPS) is 23.7. The second-order valence-electron chi connectivity index (χ2n) is 8.03. The fourth-order valence-corrected chi connectivity index (χ4v) is 5.40. The molecule has 1 aromatic carbocycles. The molecule has 2 aliphatic heterocycles. The second kappa shape index (κ2) is 8.74. The molecule has 2 atom stereocenters. The van der Waals surface area contributed by atoms with Gasteiger partial charge in [-0.15, -0.1) is 0 Å². The zero-order valence-corrected chi connectivity index (χ0v) is 18.9. The lowest BCUT2D eigenvalue weighted by molar-refractivity contribution is -0.130. The Morgan fingerprint density at radius 2 is 2.03 bits per heavy atom. The molecule has 0 radical (unpaired) electrons. The van der Waals surface area contributed by atoms with Crippen LogP contribution in [-0.2, 0) is 19.6 Å². The molecule has 0 spiro atoms. The zero-order valence-electron chi connectivity index (χ0n) is 16.6. The van der Waals surface area contributed by atoms with Crippen molar-refractivity contribution in [1.29, 1.82) is 0 Å². The van der Waals surface area contributed by atoms with Gasteiger partial charge in [-0.25, -0.2) is 8.42 Å². The van der Waals surface area contributed by atoms with Crippen molar-refractivity contribution in [2.45, 2.75) is 43.7 Å². The number of rotatable bonds is 5. The van der Waals surface area contributed by atoms with Gasteiger partial charge in [0.2, 0.25) is 11.8 Å². The van der Waals surface area contributed by atoms with Gasteiger partial charge in [-0.3, -0.25) is 13.9 Å². The van der Waals surface area contributed by atoms with Gasteiger partial charge in [-0.1, -0.05) is 37.0 Å². The minimum atomic E-state index is -4.13. The summed E-state index contributed by atoms with van der Waals surface area (Å²) < 4.78 is 27.2. The average molecular weight is 475 g/mol. The van der Waals surface area contributed by atoms with Crippen LogP contribution in [0.4, 0.5) is 0 Å². The largest absolute Gasteiger partial charge is 0.353 e. The minimum absolute atomic E-state index is 0.0746. The number of carbonyl (C=O) groups excluding carboxylic acids is 2. The van der Waals surface area contributed by atoms with Crippen LogP contribution in [0.3, 0.4) is 0 Å². The highest BCUT2D eigenvalue weighted by Crippen LogP contribution is 2.29. The average Bonchev–Trinajstić information content (AvgIpc) is 2.67. The van der Waals surface area contributed by atoms with E-state index in [9.17, 15) is 18.0 Å². The molecule has 0 aromatic heterocycles. The van der Waals surface area contributed by atoms with E-state index in [0.29, 0.717) is 0 Å². The summed E-state index contributed by atoms with van der Waals surface area (Å²) in [5, 5.41) is 9.00. The SMILES string of the molecule is CC1(C)CNCC[C@@H]1NC(=O)C[C@@H]1C(=O)NC=CN1S(=O)(=O)c1ccc(Cl)c(Cl)c1. The molecule has 0 aliphatic carbocycles. The molecule has 2 aliphatic rings. The summed E-state index contributed by atoms with van der Waals surface area (Å²) in [5.74, 6) is -0.972. The van der Waals surface area contributed by atoms with Gasteiger partial charge in [0.05, 0.1) is 21.4 Å². The third-order valence-electron chi connectivity index (χ3n) is 5.37. The molecule has 11 heteroatoms. The van der Waals surface area contributed by atoms with Crippen LogP contribution in [0.25, 0.3) is 0 Å². The highest BCUT2D eigenvalue weighted by atomic mass is 35.5. The van der Waals surface area contributed by atoms with E-state index in [4.69, 9.17) is 23.2 Å². The summed E-state index contributed by atoms with van der Waals surface area (Å²) in [6.45, 7) is 5.61. The van der Waals surface area contributed by atoms with E-state index < -0.39 is 22.0 Å². The maximum atomic E-state index is 13.1. The molecule has 0 bridgehead atoms. The van der Waals surface area contributed by atoms with E-state index >= 15 is 0 Å². The highest BCUT2D eigenvalue weighted by Gasteiger charge is 2.39. The Bertz CT molecular complexity index is 981. The Balaban J connectivity index is 1.81. The first-order valence-corrected chi connectivity index (χ1v) is 11.7. The van der Waals surface area contributed by atoms with Gasteiger partial charge in [-0.2, -0.15) is 0 Å². The molecule has 1 fully saturated rings. The number of hydrogen-bond acceptors (Lipinski definition) is 5. The van der Waals surface area contributed by atoms with Crippen molar-refractivity contribution in [2.75, 3.05) is 13.1 Å². The second-order valence-corrected chi connectivity index (χ2v) is 10.7. The molecular formula is C19H24Cl2N4O4S. The number of hydrogen-bond donors (Lipinski definition) is 3. The van der Waals surface area contributed by atoms with Gasteiger partial charge in [0.25, 0.3) is 10.0 Å². The molecule has 3 N–H and O–H groups in total. The van der Waals surface area contributed by atoms with E-state index in [1.165, 1.54) is 30.6 Å². The van der Waals surface area contributed by atoms with Gasteiger partial charge < -0.3 is 16.0 Å². The predicted molar refractivity (Wildman–Crippen MR) is 114 cm³/mol. The topological polar surface area (TPSA) is 108 Å². The van der Waals surface area contributed by atoms with Crippen molar-refractivity contribution in [3.8, 4) is 0 Å². The monoisotopic (exact) mass is 474 g/mol. The summed E-state index contributed by atoms with van der Waals surface area (Å²) >= 11 is 11.8. The van der Waals surface area contributed by atoms with E-state index in [-0.39, 0.29) is 38.7 Å². The van der Waals surface area contributed by atoms with Crippen molar-refractivity contribution in [3.05, 3.63) is 40.6 Å². The summed E-state index contributed by atoms with van der Waals surface area (Å²) in [6, 6.07) is 2.59. The van der Waals surface area contributed by atoms with Crippen molar-refractivity contribution >= 4 is 45.0 Å². The van der Waals surface area contributed by atoms with Crippen LogP contribution in [0.5, 0.6) is 0 Å². The molecule has 2 heterocycles. The van der Waals surface area contributed by atoms with E-state index in [2.05, 4.69) is 16.0 Å². The lowest BCUT2D eigenvalue weighted by Gasteiger charge is -2.40. The third kappa shape index (κ3) is 4.74. The molecule has 8 nitrogen and oxygen atoms in total. The van der Waals surface area contributed by atoms with Crippen LogP contribution in [0.1, 0.15) is 26.7 Å². The molecule has 3 rings (SSSR count). The number of nitrogens with one attached hydrogen (secondary N) is 3. The fourth-order valence-electron chi connectivity index (χ4n) is 3.57. The number of halogens is 2. The quantitative estimate of drug-likeness (QED) is 0.603. The van der Waals surface area contributed by atoms with Gasteiger partial charge >= 0.3 is 0 Å². The molecule has 30 heavy (non-hydrogen) atoms. The van der Waals surface area contributed by atoms with Gasteiger partial charge in [0, 0.05) is 25.0 Å². The Labute approximate surface area is 186 Å². The van der Waals surface area contributed by atoms with E-state index in [1.54, 1.807) is 0 Å². The third-order valence-corrected chi connectivity index (χ3v) is 7.89. The molecule has 0 unspecified atom stereocenters. The van der Waals surface area contributed by atoms with Gasteiger partial charge in [0.1, 0.15) is 6.04 Å². The summed E-state index contributed by atoms with van der Waals surface area (Å²) in [6.07, 6.45) is 2.89. The first kappa shape index (κ1) is 22.9. The zero-order chi connectivity index (χ0) is 22.1.